The Balaban J connectivity index is 2.17. The molecule has 5 nitrogen and oxygen atoms in total. The maximum atomic E-state index is 12.3. The van der Waals surface area contributed by atoms with E-state index in [1.54, 1.807) is 30.3 Å². The minimum atomic E-state index is -1.15. The summed E-state index contributed by atoms with van der Waals surface area (Å²) in [5, 5.41) is 11.8. The first-order valence-electron chi connectivity index (χ1n) is 7.51. The van der Waals surface area contributed by atoms with E-state index in [0.717, 1.165) is 6.42 Å². The van der Waals surface area contributed by atoms with Crippen molar-refractivity contribution in [3.63, 3.8) is 0 Å². The smallest absolute Gasteiger partial charge is 0.337 e. The van der Waals surface area contributed by atoms with Crippen LogP contribution in [0, 0.1) is 0 Å². The molecular weight excluding hydrogens is 330 g/mol. The number of rotatable bonds is 6. The molecule has 24 heavy (non-hydrogen) atoms. The molecule has 2 rings (SSSR count). The zero-order valence-electron chi connectivity index (χ0n) is 13.4. The molecule has 0 saturated carbocycles. The van der Waals surface area contributed by atoms with Crippen molar-refractivity contribution in [2.45, 2.75) is 26.4 Å². The minimum absolute atomic E-state index is 0.0534. The average molecular weight is 348 g/mol. The average Bonchev–Trinajstić information content (AvgIpc) is 2.56. The van der Waals surface area contributed by atoms with Gasteiger partial charge in [0.1, 0.15) is 5.75 Å². The van der Waals surface area contributed by atoms with Gasteiger partial charge in [-0.25, -0.2) is 4.79 Å². The summed E-state index contributed by atoms with van der Waals surface area (Å²) in [6.07, 6.45) is 0.914. The van der Waals surface area contributed by atoms with Crippen molar-refractivity contribution >= 4 is 29.2 Å². The lowest BCUT2D eigenvalue weighted by atomic mass is 10.1. The number of ether oxygens (including phenoxy) is 1. The predicted octanol–water partition coefficient (Wildman–Crippen LogP) is 4.47. The number of carboxylic acids is 1. The van der Waals surface area contributed by atoms with E-state index in [9.17, 15) is 9.59 Å². The Morgan fingerprint density at radius 3 is 2.67 bits per heavy atom. The molecule has 0 bridgehead atoms. The van der Waals surface area contributed by atoms with Crippen molar-refractivity contribution in [3.05, 3.63) is 58.6 Å². The van der Waals surface area contributed by atoms with Crippen LogP contribution in [0.25, 0.3) is 0 Å². The first-order chi connectivity index (χ1) is 11.4. The number of aromatic carboxylic acids is 1. The van der Waals surface area contributed by atoms with Crippen molar-refractivity contribution < 1.29 is 19.4 Å². The highest BCUT2D eigenvalue weighted by atomic mass is 35.5. The van der Waals surface area contributed by atoms with Gasteiger partial charge >= 0.3 is 5.97 Å². The minimum Gasteiger partial charge on any atom is -0.491 e. The molecule has 0 heterocycles. The Labute approximate surface area is 145 Å². The molecule has 0 aliphatic carbocycles. The number of hydrogen-bond acceptors (Lipinski definition) is 3. The van der Waals surface area contributed by atoms with Crippen LogP contribution in [0.4, 0.5) is 5.69 Å². The van der Waals surface area contributed by atoms with Gasteiger partial charge in [-0.3, -0.25) is 4.79 Å². The number of hydrogen-bond donors (Lipinski definition) is 2. The zero-order chi connectivity index (χ0) is 17.7. The van der Waals surface area contributed by atoms with Crippen molar-refractivity contribution in [2.75, 3.05) is 5.32 Å². The van der Waals surface area contributed by atoms with Gasteiger partial charge in [0.15, 0.2) is 0 Å². The molecule has 0 spiro atoms. The standard InChI is InChI=1S/C18H18ClNO4/c1-3-11(2)24-14-6-4-5-12(9-14)17(21)20-13-7-8-16(19)15(10-13)18(22)23/h4-11H,3H2,1-2H3,(H,20,21)(H,22,23). The lowest BCUT2D eigenvalue weighted by molar-refractivity contribution is 0.0696. The Morgan fingerprint density at radius 1 is 1.25 bits per heavy atom. The number of nitrogens with one attached hydrogen (secondary N) is 1. The van der Waals surface area contributed by atoms with Gasteiger partial charge in [0, 0.05) is 11.3 Å². The van der Waals surface area contributed by atoms with E-state index in [2.05, 4.69) is 5.32 Å². The second-order valence-electron chi connectivity index (χ2n) is 5.32. The molecule has 6 heteroatoms. The van der Waals surface area contributed by atoms with E-state index in [4.69, 9.17) is 21.4 Å². The van der Waals surface area contributed by atoms with Crippen molar-refractivity contribution in [1.29, 1.82) is 0 Å². The van der Waals surface area contributed by atoms with Crippen molar-refractivity contribution in [1.82, 2.24) is 0 Å². The van der Waals surface area contributed by atoms with Gasteiger partial charge in [0.05, 0.1) is 16.7 Å². The molecule has 2 aromatic carbocycles. The fraction of sp³-hybridized carbons (Fsp3) is 0.222. The molecule has 1 unspecified atom stereocenters. The third kappa shape index (κ3) is 4.49. The van der Waals surface area contributed by atoms with Crippen LogP contribution in [0.3, 0.4) is 0 Å². The summed E-state index contributed by atoms with van der Waals surface area (Å²) in [5.41, 5.74) is 0.709. The molecule has 1 atom stereocenters. The van der Waals surface area contributed by atoms with E-state index >= 15 is 0 Å². The van der Waals surface area contributed by atoms with Gasteiger partial charge in [0.2, 0.25) is 0 Å². The molecule has 2 N–H and O–H groups in total. The Kier molecular flexibility index (Phi) is 5.82. The first-order valence-corrected chi connectivity index (χ1v) is 7.89. The summed E-state index contributed by atoms with van der Waals surface area (Å²) in [7, 11) is 0. The third-order valence-corrected chi connectivity index (χ3v) is 3.79. The fourth-order valence-electron chi connectivity index (χ4n) is 2.00. The summed E-state index contributed by atoms with van der Waals surface area (Å²) in [6.45, 7) is 3.97. The maximum Gasteiger partial charge on any atom is 0.337 e. The summed E-state index contributed by atoms with van der Waals surface area (Å²) in [6, 6.07) is 11.1. The molecule has 0 saturated heterocycles. The van der Waals surface area contributed by atoms with Crippen LogP contribution in [-0.2, 0) is 0 Å². The molecule has 0 radical (unpaired) electrons. The summed E-state index contributed by atoms with van der Waals surface area (Å²) >= 11 is 5.82. The second-order valence-corrected chi connectivity index (χ2v) is 5.73. The Morgan fingerprint density at radius 2 is 2.00 bits per heavy atom. The van der Waals surface area contributed by atoms with Crippen LogP contribution in [0.1, 0.15) is 41.0 Å². The zero-order valence-corrected chi connectivity index (χ0v) is 14.1. The Bertz CT molecular complexity index is 760. The van der Waals surface area contributed by atoms with E-state index in [0.29, 0.717) is 17.0 Å². The molecule has 1 amide bonds. The van der Waals surface area contributed by atoms with Crippen LogP contribution in [-0.4, -0.2) is 23.1 Å². The molecule has 126 valence electrons. The molecule has 0 fully saturated rings. The highest BCUT2D eigenvalue weighted by Crippen LogP contribution is 2.22. The van der Waals surface area contributed by atoms with E-state index in [1.807, 2.05) is 13.8 Å². The van der Waals surface area contributed by atoms with E-state index < -0.39 is 5.97 Å². The van der Waals surface area contributed by atoms with E-state index in [1.165, 1.54) is 12.1 Å². The molecule has 0 aromatic heterocycles. The first kappa shape index (κ1) is 17.8. The van der Waals surface area contributed by atoms with Crippen molar-refractivity contribution in [2.24, 2.45) is 0 Å². The number of benzene rings is 2. The summed E-state index contributed by atoms with van der Waals surface area (Å²) < 4.78 is 5.70. The van der Waals surface area contributed by atoms with Gasteiger partial charge in [-0.1, -0.05) is 24.6 Å². The van der Waals surface area contributed by atoms with Gasteiger partial charge in [0.25, 0.3) is 5.91 Å². The lowest BCUT2D eigenvalue weighted by Gasteiger charge is -2.13. The van der Waals surface area contributed by atoms with Gasteiger partial charge in [-0.2, -0.15) is 0 Å². The number of carbonyl (C=O) groups excluding carboxylic acids is 1. The highest BCUT2D eigenvalue weighted by Gasteiger charge is 2.12. The quantitative estimate of drug-likeness (QED) is 0.808. The van der Waals surface area contributed by atoms with Gasteiger partial charge in [-0.05, 0) is 49.7 Å². The van der Waals surface area contributed by atoms with Crippen LogP contribution in [0.15, 0.2) is 42.5 Å². The van der Waals surface area contributed by atoms with E-state index in [-0.39, 0.29) is 22.6 Å². The third-order valence-electron chi connectivity index (χ3n) is 3.46. The van der Waals surface area contributed by atoms with Crippen LogP contribution >= 0.6 is 11.6 Å². The summed E-state index contributed by atoms with van der Waals surface area (Å²) in [5.74, 6) is -0.900. The Hall–Kier alpha value is -2.53. The molecule has 0 aliphatic heterocycles. The second kappa shape index (κ2) is 7.84. The number of anilines is 1. The summed E-state index contributed by atoms with van der Waals surface area (Å²) in [4.78, 5) is 23.4. The fourth-order valence-corrected chi connectivity index (χ4v) is 2.19. The normalized spacial score (nSPS) is 11.6. The van der Waals surface area contributed by atoms with Gasteiger partial charge < -0.3 is 15.2 Å². The molecule has 0 aliphatic rings. The number of carboxylic acid groups (broad SMARTS) is 1. The van der Waals surface area contributed by atoms with Gasteiger partial charge in [-0.15, -0.1) is 0 Å². The SMILES string of the molecule is CCC(C)Oc1cccc(C(=O)Nc2ccc(Cl)c(C(=O)O)c2)c1. The maximum absolute atomic E-state index is 12.3. The number of amides is 1. The van der Waals surface area contributed by atoms with Crippen LogP contribution in [0.5, 0.6) is 5.75 Å². The monoisotopic (exact) mass is 347 g/mol. The predicted molar refractivity (Wildman–Crippen MR) is 93.2 cm³/mol. The van der Waals surface area contributed by atoms with Crippen molar-refractivity contribution in [3.8, 4) is 5.75 Å². The molecular formula is C18H18ClNO4. The van der Waals surface area contributed by atoms with Crippen LogP contribution < -0.4 is 10.1 Å². The lowest BCUT2D eigenvalue weighted by Crippen LogP contribution is -2.14. The number of halogens is 1. The molecule has 2 aromatic rings. The largest absolute Gasteiger partial charge is 0.491 e. The highest BCUT2D eigenvalue weighted by molar-refractivity contribution is 6.33. The number of carbonyl (C=O) groups is 2. The topological polar surface area (TPSA) is 75.6 Å². The van der Waals surface area contributed by atoms with Crippen LogP contribution in [0.2, 0.25) is 5.02 Å².